The molecule has 2 aliphatic heterocycles. The minimum absolute atomic E-state index is 0.0751. The SMILES string of the molecule is Cn1c(=O)n(C2CCC(=O)[NH+]([O-])C2)c2ccc(C3CCN(CC(=O)O)CC3)cc21. The Morgan fingerprint density at radius 1 is 1.21 bits per heavy atom. The number of hydrogen-bond acceptors (Lipinski definition) is 5. The molecule has 156 valence electrons. The fourth-order valence-electron chi connectivity index (χ4n) is 4.69. The summed E-state index contributed by atoms with van der Waals surface area (Å²) >= 11 is 0. The van der Waals surface area contributed by atoms with Crippen LogP contribution in [0, 0.1) is 5.21 Å². The van der Waals surface area contributed by atoms with Crippen LogP contribution < -0.4 is 10.8 Å². The van der Waals surface area contributed by atoms with Gasteiger partial charge in [0, 0.05) is 7.05 Å². The van der Waals surface area contributed by atoms with E-state index in [4.69, 9.17) is 5.11 Å². The monoisotopic (exact) mass is 402 g/mol. The molecule has 29 heavy (non-hydrogen) atoms. The van der Waals surface area contributed by atoms with Crippen molar-refractivity contribution >= 4 is 22.9 Å². The van der Waals surface area contributed by atoms with E-state index in [-0.39, 0.29) is 37.1 Å². The first-order chi connectivity index (χ1) is 13.8. The molecule has 0 bridgehead atoms. The summed E-state index contributed by atoms with van der Waals surface area (Å²) in [4.78, 5) is 37.3. The largest absolute Gasteiger partial charge is 0.627 e. The predicted octanol–water partition coefficient (Wildman–Crippen LogP) is -0.152. The molecule has 0 radical (unpaired) electrons. The number of aromatic nitrogens is 2. The first-order valence-electron chi connectivity index (χ1n) is 10.1. The van der Waals surface area contributed by atoms with Crippen molar-refractivity contribution in [2.75, 3.05) is 26.2 Å². The smallest absolute Gasteiger partial charge is 0.329 e. The summed E-state index contributed by atoms with van der Waals surface area (Å²) in [7, 11) is 1.73. The number of likely N-dealkylation sites (tertiary alicyclic amines) is 1. The zero-order valence-corrected chi connectivity index (χ0v) is 16.5. The number of carbonyl (C=O) groups is 2. The molecule has 2 N–H and O–H groups in total. The van der Waals surface area contributed by atoms with E-state index in [9.17, 15) is 19.6 Å². The normalized spacial score (nSPS) is 24.3. The molecule has 2 saturated heterocycles. The summed E-state index contributed by atoms with van der Waals surface area (Å²) < 4.78 is 3.28. The quantitative estimate of drug-likeness (QED) is 0.688. The number of amides is 1. The van der Waals surface area contributed by atoms with E-state index in [0.717, 1.165) is 42.5 Å². The van der Waals surface area contributed by atoms with Gasteiger partial charge in [-0.25, -0.2) is 9.59 Å². The third-order valence-electron chi connectivity index (χ3n) is 6.33. The van der Waals surface area contributed by atoms with Gasteiger partial charge in [-0.05, 0) is 56.0 Å². The van der Waals surface area contributed by atoms with E-state index >= 15 is 0 Å². The number of aliphatic carboxylic acids is 1. The topological polar surface area (TPSA) is 112 Å². The number of hydroxylamine groups is 2. The highest BCUT2D eigenvalue weighted by Crippen LogP contribution is 2.31. The van der Waals surface area contributed by atoms with Crippen LogP contribution in [0.5, 0.6) is 0 Å². The van der Waals surface area contributed by atoms with Gasteiger partial charge in [0.05, 0.1) is 30.0 Å². The van der Waals surface area contributed by atoms with Gasteiger partial charge < -0.3 is 15.4 Å². The summed E-state index contributed by atoms with van der Waals surface area (Å²) in [5.41, 5.74) is 2.59. The number of piperidine rings is 2. The maximum absolute atomic E-state index is 12.9. The number of quaternary nitrogens is 1. The minimum atomic E-state index is -0.802. The Morgan fingerprint density at radius 2 is 1.93 bits per heavy atom. The Morgan fingerprint density at radius 3 is 2.59 bits per heavy atom. The van der Waals surface area contributed by atoms with Gasteiger partial charge in [-0.3, -0.25) is 18.8 Å². The molecule has 0 spiro atoms. The number of benzene rings is 1. The van der Waals surface area contributed by atoms with Crippen molar-refractivity contribution in [2.45, 2.75) is 37.6 Å². The Labute approximate surface area is 167 Å². The first kappa shape index (κ1) is 19.8. The van der Waals surface area contributed by atoms with E-state index in [1.807, 2.05) is 23.1 Å². The summed E-state index contributed by atoms with van der Waals surface area (Å²) in [5.74, 6) is -0.813. The van der Waals surface area contributed by atoms with Crippen LogP contribution in [0.15, 0.2) is 23.0 Å². The van der Waals surface area contributed by atoms with E-state index in [1.54, 1.807) is 16.2 Å². The summed E-state index contributed by atoms with van der Waals surface area (Å²) in [5, 5.41) is 20.4. The minimum Gasteiger partial charge on any atom is -0.627 e. The van der Waals surface area contributed by atoms with Crippen LogP contribution in [0.4, 0.5) is 0 Å². The van der Waals surface area contributed by atoms with Crippen molar-refractivity contribution in [2.24, 2.45) is 7.05 Å². The first-order valence-corrected chi connectivity index (χ1v) is 10.1. The number of rotatable bonds is 4. The molecule has 2 unspecified atom stereocenters. The molecule has 9 nitrogen and oxygen atoms in total. The van der Waals surface area contributed by atoms with Gasteiger partial charge in [0.15, 0.2) is 0 Å². The molecule has 3 heterocycles. The molecule has 4 rings (SSSR count). The second-order valence-corrected chi connectivity index (χ2v) is 8.15. The lowest BCUT2D eigenvalue weighted by Crippen LogP contribution is -3.11. The van der Waals surface area contributed by atoms with Gasteiger partial charge >= 0.3 is 17.6 Å². The fourth-order valence-corrected chi connectivity index (χ4v) is 4.69. The van der Waals surface area contributed by atoms with Crippen LogP contribution in [-0.4, -0.2) is 57.2 Å². The van der Waals surface area contributed by atoms with Crippen LogP contribution in [-0.2, 0) is 16.6 Å². The molecule has 2 atom stereocenters. The maximum atomic E-state index is 12.9. The molecule has 2 aromatic rings. The number of carboxylic acid groups (broad SMARTS) is 1. The highest BCUT2D eigenvalue weighted by atomic mass is 16.5. The van der Waals surface area contributed by atoms with Gasteiger partial charge in [-0.2, -0.15) is 0 Å². The van der Waals surface area contributed by atoms with Crippen LogP contribution >= 0.6 is 0 Å². The predicted molar refractivity (Wildman–Crippen MR) is 106 cm³/mol. The van der Waals surface area contributed by atoms with Crippen LogP contribution in [0.2, 0.25) is 0 Å². The third kappa shape index (κ3) is 3.73. The number of carbonyl (C=O) groups excluding carboxylic acids is 1. The van der Waals surface area contributed by atoms with Crippen LogP contribution in [0.1, 0.15) is 43.2 Å². The molecule has 2 fully saturated rings. The summed E-state index contributed by atoms with van der Waals surface area (Å²) in [6.07, 6.45) is 2.46. The molecular weight excluding hydrogens is 376 g/mol. The lowest BCUT2D eigenvalue weighted by atomic mass is 9.89. The number of aryl methyl sites for hydroxylation is 1. The van der Waals surface area contributed by atoms with Crippen molar-refractivity contribution in [3.8, 4) is 0 Å². The van der Waals surface area contributed by atoms with Crippen molar-refractivity contribution in [3.63, 3.8) is 0 Å². The molecule has 2 aliphatic rings. The van der Waals surface area contributed by atoms with E-state index in [0.29, 0.717) is 12.3 Å². The van der Waals surface area contributed by atoms with Crippen molar-refractivity contribution in [3.05, 3.63) is 39.5 Å². The van der Waals surface area contributed by atoms with Crippen molar-refractivity contribution in [1.29, 1.82) is 0 Å². The van der Waals surface area contributed by atoms with E-state index in [2.05, 4.69) is 0 Å². The van der Waals surface area contributed by atoms with Gasteiger partial charge in [0.2, 0.25) is 0 Å². The Kier molecular flexibility index (Phi) is 5.28. The maximum Gasteiger partial charge on any atom is 0.329 e. The average Bonchev–Trinajstić information content (AvgIpc) is 2.94. The Hall–Kier alpha value is -2.49. The Balaban J connectivity index is 1.59. The third-order valence-corrected chi connectivity index (χ3v) is 6.33. The number of fused-ring (bicyclic) bond motifs is 1. The Bertz CT molecular complexity index is 1000. The lowest BCUT2D eigenvalue weighted by molar-refractivity contribution is -0.772. The molecule has 1 aromatic carbocycles. The second kappa shape index (κ2) is 7.74. The number of nitrogens with zero attached hydrogens (tertiary/aromatic N) is 3. The number of nitrogens with one attached hydrogen (secondary N) is 1. The average molecular weight is 402 g/mol. The zero-order chi connectivity index (χ0) is 20.7. The van der Waals surface area contributed by atoms with Gasteiger partial charge in [-0.15, -0.1) is 0 Å². The highest BCUT2D eigenvalue weighted by Gasteiger charge is 2.30. The number of carboxylic acids is 1. The van der Waals surface area contributed by atoms with E-state index < -0.39 is 11.0 Å². The number of hydrogen-bond donors (Lipinski definition) is 2. The van der Waals surface area contributed by atoms with Crippen LogP contribution in [0.25, 0.3) is 11.0 Å². The summed E-state index contributed by atoms with van der Waals surface area (Å²) in [6.45, 7) is 1.65. The van der Waals surface area contributed by atoms with Crippen LogP contribution in [0.3, 0.4) is 0 Å². The molecule has 0 aliphatic carbocycles. The molecule has 9 heteroatoms. The lowest BCUT2D eigenvalue weighted by Gasteiger charge is -2.31. The standard InChI is InChI=1S/C20H26N4O5/c1-21-17-10-14(13-6-8-22(9-7-13)12-19(26)27)2-4-16(17)24(20(21)28)15-3-5-18(25)23(29)11-15/h2,4,10,13,15,23H,3,5-9,11-12H2,1H3,(H,26,27). The van der Waals surface area contributed by atoms with Crippen molar-refractivity contribution in [1.82, 2.24) is 14.0 Å². The molecule has 0 saturated carbocycles. The highest BCUT2D eigenvalue weighted by molar-refractivity contribution is 5.77. The number of imidazole rings is 1. The molecule has 1 aromatic heterocycles. The zero-order valence-electron chi connectivity index (χ0n) is 16.5. The summed E-state index contributed by atoms with van der Waals surface area (Å²) in [6, 6.07) is 5.74. The van der Waals surface area contributed by atoms with Crippen molar-refractivity contribution < 1.29 is 19.8 Å². The molecular formula is C20H26N4O5. The van der Waals surface area contributed by atoms with Gasteiger partial charge in [-0.1, -0.05) is 6.07 Å². The fraction of sp³-hybridized carbons (Fsp3) is 0.550. The van der Waals surface area contributed by atoms with Gasteiger partial charge in [0.25, 0.3) is 0 Å². The van der Waals surface area contributed by atoms with Gasteiger partial charge in [0.1, 0.15) is 6.54 Å². The van der Waals surface area contributed by atoms with E-state index in [1.165, 1.54) is 0 Å². The second-order valence-electron chi connectivity index (χ2n) is 8.15. The molecule has 1 amide bonds.